The van der Waals surface area contributed by atoms with Crippen LogP contribution in [-0.4, -0.2) is 23.8 Å². The van der Waals surface area contributed by atoms with Crippen LogP contribution in [0.5, 0.6) is 0 Å². The molecule has 0 radical (unpaired) electrons. The highest BCUT2D eigenvalue weighted by Gasteiger charge is 2.05. The van der Waals surface area contributed by atoms with E-state index < -0.39 is 0 Å². The summed E-state index contributed by atoms with van der Waals surface area (Å²) in [6.07, 6.45) is 5.51. The molecule has 0 bridgehead atoms. The van der Waals surface area contributed by atoms with Crippen LogP contribution in [-0.2, 0) is 9.53 Å². The van der Waals surface area contributed by atoms with Gasteiger partial charge in [-0.3, -0.25) is 4.79 Å². The zero-order chi connectivity index (χ0) is 11.5. The molecule has 0 heterocycles. The van der Waals surface area contributed by atoms with E-state index in [2.05, 4.69) is 6.58 Å². The van der Waals surface area contributed by atoms with E-state index in [4.69, 9.17) is 27.9 Å². The molecule has 0 aromatic rings. The largest absolute Gasteiger partial charge is 0.461 e. The number of alkyl halides is 2. The molecule has 0 aliphatic carbocycles. The van der Waals surface area contributed by atoms with Gasteiger partial charge in [-0.05, 0) is 19.3 Å². The third-order valence-electron chi connectivity index (χ3n) is 1.93. The molecular formula is C11H18Cl2O2. The highest BCUT2D eigenvalue weighted by atomic mass is 35.5. The van der Waals surface area contributed by atoms with E-state index in [0.717, 1.165) is 25.7 Å². The van der Waals surface area contributed by atoms with Crippen LogP contribution in [0.2, 0.25) is 0 Å². The number of esters is 1. The van der Waals surface area contributed by atoms with E-state index in [-0.39, 0.29) is 11.3 Å². The van der Waals surface area contributed by atoms with Gasteiger partial charge in [0.2, 0.25) is 0 Å². The van der Waals surface area contributed by atoms with Crippen molar-refractivity contribution in [3.8, 4) is 0 Å². The molecule has 88 valence electrons. The summed E-state index contributed by atoms with van der Waals surface area (Å²) in [6, 6.07) is 0. The van der Waals surface area contributed by atoms with Crippen molar-refractivity contribution in [1.82, 2.24) is 0 Å². The fourth-order valence-electron chi connectivity index (χ4n) is 1.12. The molecule has 0 spiro atoms. The Kier molecular flexibility index (Phi) is 10.2. The summed E-state index contributed by atoms with van der Waals surface area (Å²) in [5, 5.41) is 0.131. The van der Waals surface area contributed by atoms with Gasteiger partial charge >= 0.3 is 5.97 Å². The Labute approximate surface area is 102 Å². The average Bonchev–Trinajstić information content (AvgIpc) is 2.22. The number of hydrogen-bond acceptors (Lipinski definition) is 2. The molecule has 0 aromatic heterocycles. The van der Waals surface area contributed by atoms with E-state index in [9.17, 15) is 4.79 Å². The number of unbranched alkanes of at least 4 members (excludes halogenated alkanes) is 1. The Bertz CT molecular complexity index is 183. The number of hydrogen-bond donors (Lipinski definition) is 0. The maximum Gasteiger partial charge on any atom is 0.306 e. The molecule has 0 fully saturated rings. The van der Waals surface area contributed by atoms with Crippen molar-refractivity contribution in [2.75, 3.05) is 12.5 Å². The fraction of sp³-hybridized carbons (Fsp3) is 0.727. The molecule has 0 N–H and O–H groups in total. The molecule has 1 atom stereocenters. The first kappa shape index (κ1) is 14.8. The van der Waals surface area contributed by atoms with Crippen LogP contribution in [0.15, 0.2) is 12.7 Å². The summed E-state index contributed by atoms with van der Waals surface area (Å²) in [6.45, 7) is 3.76. The van der Waals surface area contributed by atoms with E-state index in [1.165, 1.54) is 0 Å². The SMILES string of the molecule is C=CCOC(=O)CCCCC(Cl)CCCl. The van der Waals surface area contributed by atoms with Gasteiger partial charge in [0.1, 0.15) is 6.61 Å². The minimum Gasteiger partial charge on any atom is -0.461 e. The summed E-state index contributed by atoms with van der Waals surface area (Å²) in [5.41, 5.74) is 0. The first-order valence-electron chi connectivity index (χ1n) is 5.17. The first-order valence-corrected chi connectivity index (χ1v) is 6.14. The summed E-state index contributed by atoms with van der Waals surface area (Å²) in [7, 11) is 0. The second kappa shape index (κ2) is 10.3. The molecule has 2 nitrogen and oxygen atoms in total. The van der Waals surface area contributed by atoms with Gasteiger partial charge in [-0.2, -0.15) is 0 Å². The molecule has 0 aliphatic rings. The quantitative estimate of drug-likeness (QED) is 0.272. The Morgan fingerprint density at radius 3 is 2.73 bits per heavy atom. The number of carbonyl (C=O) groups excluding carboxylic acids is 1. The Balaban J connectivity index is 3.29. The standard InChI is InChI=1S/C11H18Cl2O2/c1-2-9-15-11(14)6-4-3-5-10(13)7-8-12/h2,10H,1,3-9H2. The van der Waals surface area contributed by atoms with Crippen molar-refractivity contribution in [2.24, 2.45) is 0 Å². The predicted molar refractivity (Wildman–Crippen MR) is 64.6 cm³/mol. The van der Waals surface area contributed by atoms with Gasteiger partial charge in [-0.25, -0.2) is 0 Å². The Hall–Kier alpha value is -0.210. The van der Waals surface area contributed by atoms with Crippen LogP contribution < -0.4 is 0 Å². The van der Waals surface area contributed by atoms with Crippen molar-refractivity contribution < 1.29 is 9.53 Å². The topological polar surface area (TPSA) is 26.3 Å². The Morgan fingerprint density at radius 1 is 1.40 bits per heavy atom. The lowest BCUT2D eigenvalue weighted by atomic mass is 10.1. The van der Waals surface area contributed by atoms with Gasteiger partial charge in [-0.15, -0.1) is 23.2 Å². The third kappa shape index (κ3) is 10.1. The van der Waals surface area contributed by atoms with Crippen LogP contribution in [0.3, 0.4) is 0 Å². The lowest BCUT2D eigenvalue weighted by Crippen LogP contribution is -2.05. The summed E-state index contributed by atoms with van der Waals surface area (Å²) < 4.78 is 4.83. The second-order valence-electron chi connectivity index (χ2n) is 3.29. The molecule has 4 heteroatoms. The maximum absolute atomic E-state index is 11.0. The third-order valence-corrected chi connectivity index (χ3v) is 2.59. The molecule has 15 heavy (non-hydrogen) atoms. The van der Waals surface area contributed by atoms with E-state index >= 15 is 0 Å². The highest BCUT2D eigenvalue weighted by Crippen LogP contribution is 2.13. The van der Waals surface area contributed by atoms with Gasteiger partial charge in [0, 0.05) is 17.7 Å². The van der Waals surface area contributed by atoms with Gasteiger partial charge in [0.15, 0.2) is 0 Å². The van der Waals surface area contributed by atoms with Crippen LogP contribution in [0.1, 0.15) is 32.1 Å². The van der Waals surface area contributed by atoms with E-state index in [0.29, 0.717) is 18.9 Å². The predicted octanol–water partition coefficient (Wildman–Crippen LogP) is 3.51. The van der Waals surface area contributed by atoms with Gasteiger partial charge in [0.05, 0.1) is 0 Å². The second-order valence-corrected chi connectivity index (χ2v) is 4.29. The first-order chi connectivity index (χ1) is 7.20. The summed E-state index contributed by atoms with van der Waals surface area (Å²) >= 11 is 11.5. The van der Waals surface area contributed by atoms with Crippen molar-refractivity contribution in [3.63, 3.8) is 0 Å². The number of carbonyl (C=O) groups is 1. The number of ether oxygens (including phenoxy) is 1. The molecule has 0 aliphatic heterocycles. The molecule has 0 aromatic carbocycles. The molecule has 0 amide bonds. The van der Waals surface area contributed by atoms with Crippen LogP contribution in [0.4, 0.5) is 0 Å². The van der Waals surface area contributed by atoms with Crippen LogP contribution in [0, 0.1) is 0 Å². The molecule has 0 saturated carbocycles. The van der Waals surface area contributed by atoms with E-state index in [1.54, 1.807) is 6.08 Å². The fourth-order valence-corrected chi connectivity index (χ4v) is 1.76. The highest BCUT2D eigenvalue weighted by molar-refractivity contribution is 6.22. The molecule has 0 saturated heterocycles. The summed E-state index contributed by atoms with van der Waals surface area (Å²) in [4.78, 5) is 11.0. The summed E-state index contributed by atoms with van der Waals surface area (Å²) in [5.74, 6) is 0.425. The van der Waals surface area contributed by atoms with Crippen LogP contribution >= 0.6 is 23.2 Å². The zero-order valence-electron chi connectivity index (χ0n) is 8.88. The minimum atomic E-state index is -0.168. The minimum absolute atomic E-state index is 0.131. The van der Waals surface area contributed by atoms with Gasteiger partial charge in [-0.1, -0.05) is 19.1 Å². The van der Waals surface area contributed by atoms with E-state index in [1.807, 2.05) is 0 Å². The molecule has 0 rings (SSSR count). The van der Waals surface area contributed by atoms with Gasteiger partial charge < -0.3 is 4.74 Å². The monoisotopic (exact) mass is 252 g/mol. The van der Waals surface area contributed by atoms with Crippen molar-refractivity contribution in [3.05, 3.63) is 12.7 Å². The molecule has 1 unspecified atom stereocenters. The van der Waals surface area contributed by atoms with Crippen molar-refractivity contribution >= 4 is 29.2 Å². The van der Waals surface area contributed by atoms with Crippen LogP contribution in [0.25, 0.3) is 0 Å². The molecular weight excluding hydrogens is 235 g/mol. The maximum atomic E-state index is 11.0. The Morgan fingerprint density at radius 2 is 2.13 bits per heavy atom. The van der Waals surface area contributed by atoms with Gasteiger partial charge in [0.25, 0.3) is 0 Å². The van der Waals surface area contributed by atoms with Crippen molar-refractivity contribution in [1.29, 1.82) is 0 Å². The average molecular weight is 253 g/mol. The number of halogens is 2. The number of rotatable bonds is 9. The smallest absolute Gasteiger partial charge is 0.306 e. The lowest BCUT2D eigenvalue weighted by Gasteiger charge is -2.06. The lowest BCUT2D eigenvalue weighted by molar-refractivity contribution is -0.142. The zero-order valence-corrected chi connectivity index (χ0v) is 10.4. The normalized spacial score (nSPS) is 12.1. The van der Waals surface area contributed by atoms with Crippen molar-refractivity contribution in [2.45, 2.75) is 37.5 Å².